The molecule has 0 aliphatic heterocycles. The molecule has 0 heterocycles. The maximum atomic E-state index is 13.7. The summed E-state index contributed by atoms with van der Waals surface area (Å²) in [6.45, 7) is 0.202. The highest BCUT2D eigenvalue weighted by Crippen LogP contribution is 2.30. The Bertz CT molecular complexity index is 1010. The predicted octanol–water partition coefficient (Wildman–Crippen LogP) is 5.71. The van der Waals surface area contributed by atoms with E-state index < -0.39 is 5.91 Å². The van der Waals surface area contributed by atoms with Crippen molar-refractivity contribution in [1.29, 1.82) is 0 Å². The van der Waals surface area contributed by atoms with Crippen LogP contribution in [0.4, 0.5) is 10.1 Å². The van der Waals surface area contributed by atoms with Crippen LogP contribution in [0.2, 0.25) is 10.0 Å². The smallest absolute Gasteiger partial charge is 0.259 e. The van der Waals surface area contributed by atoms with Crippen molar-refractivity contribution in [3.63, 3.8) is 0 Å². The molecule has 144 valence electrons. The molecule has 0 saturated carbocycles. The zero-order chi connectivity index (χ0) is 20.1. The molecule has 3 rings (SSSR count). The fraction of sp³-hybridized carbons (Fsp3) is 0.0952. The van der Waals surface area contributed by atoms with Crippen molar-refractivity contribution >= 4 is 34.8 Å². The quantitative estimate of drug-likeness (QED) is 0.537. The molecule has 0 aromatic heterocycles. The Kier molecular flexibility index (Phi) is 6.39. The van der Waals surface area contributed by atoms with Gasteiger partial charge < -0.3 is 15.2 Å². The molecule has 0 unspecified atom stereocenters. The number of hydrogen-bond acceptors (Lipinski definition) is 3. The molecule has 0 aliphatic rings. The lowest BCUT2D eigenvalue weighted by Gasteiger charge is -2.14. The first kappa shape index (κ1) is 20.0. The maximum absolute atomic E-state index is 13.7. The van der Waals surface area contributed by atoms with Crippen LogP contribution in [-0.4, -0.2) is 17.6 Å². The highest BCUT2D eigenvalue weighted by atomic mass is 35.5. The molecule has 2 N–H and O–H groups in total. The van der Waals surface area contributed by atoms with Crippen LogP contribution in [0.1, 0.15) is 15.9 Å². The molecule has 1 amide bonds. The van der Waals surface area contributed by atoms with E-state index in [0.717, 1.165) is 0 Å². The number of phenols is 1. The first-order valence-electron chi connectivity index (χ1n) is 8.39. The number of rotatable bonds is 6. The standard InChI is InChI=1S/C21H16Cl2FNO3/c22-14-5-7-19(26)16(11-14)21(27)25-18-12-15(23)6-8-20(18)28-10-9-13-3-1-2-4-17(13)24/h1-8,11-12,26H,9-10H2,(H,25,27). The normalized spacial score (nSPS) is 10.5. The Balaban J connectivity index is 1.74. The van der Waals surface area contributed by atoms with Gasteiger partial charge in [0.1, 0.15) is 17.3 Å². The largest absolute Gasteiger partial charge is 0.507 e. The molecule has 0 aliphatic carbocycles. The van der Waals surface area contributed by atoms with Crippen LogP contribution in [0.15, 0.2) is 60.7 Å². The molecule has 0 spiro atoms. The lowest BCUT2D eigenvalue weighted by Crippen LogP contribution is -2.14. The van der Waals surface area contributed by atoms with Crippen molar-refractivity contribution in [2.75, 3.05) is 11.9 Å². The van der Waals surface area contributed by atoms with Crippen molar-refractivity contribution in [3.05, 3.63) is 87.7 Å². The molecule has 0 fully saturated rings. The minimum atomic E-state index is -0.568. The lowest BCUT2D eigenvalue weighted by molar-refractivity contribution is 0.102. The molecule has 0 atom stereocenters. The number of halogens is 3. The van der Waals surface area contributed by atoms with Gasteiger partial charge in [-0.25, -0.2) is 4.39 Å². The van der Waals surface area contributed by atoms with Gasteiger partial charge in [-0.3, -0.25) is 4.79 Å². The molecular weight excluding hydrogens is 404 g/mol. The second kappa shape index (κ2) is 8.95. The van der Waals surface area contributed by atoms with Crippen LogP contribution in [0, 0.1) is 5.82 Å². The van der Waals surface area contributed by atoms with Crippen LogP contribution in [0.5, 0.6) is 11.5 Å². The minimum absolute atomic E-state index is 0.0183. The van der Waals surface area contributed by atoms with Gasteiger partial charge in [-0.1, -0.05) is 41.4 Å². The summed E-state index contributed by atoms with van der Waals surface area (Å²) in [5, 5.41) is 13.3. The van der Waals surface area contributed by atoms with Gasteiger partial charge in [0.05, 0.1) is 17.9 Å². The number of ether oxygens (including phenoxy) is 1. The lowest BCUT2D eigenvalue weighted by atomic mass is 10.1. The van der Waals surface area contributed by atoms with Crippen molar-refractivity contribution in [3.8, 4) is 11.5 Å². The van der Waals surface area contributed by atoms with Crippen LogP contribution in [0.25, 0.3) is 0 Å². The van der Waals surface area contributed by atoms with Crippen LogP contribution < -0.4 is 10.1 Å². The van der Waals surface area contributed by atoms with Crippen LogP contribution >= 0.6 is 23.2 Å². The van der Waals surface area contributed by atoms with Gasteiger partial charge in [0.15, 0.2) is 0 Å². The number of benzene rings is 3. The number of carbonyl (C=O) groups excluding carboxylic acids is 1. The Morgan fingerprint density at radius 2 is 1.75 bits per heavy atom. The third-order valence-electron chi connectivity index (χ3n) is 3.98. The van der Waals surface area contributed by atoms with Gasteiger partial charge in [0.2, 0.25) is 0 Å². The first-order valence-corrected chi connectivity index (χ1v) is 9.15. The Morgan fingerprint density at radius 1 is 1.04 bits per heavy atom. The molecule has 0 bridgehead atoms. The number of hydrogen-bond donors (Lipinski definition) is 2. The average Bonchev–Trinajstić information content (AvgIpc) is 2.67. The van der Waals surface area contributed by atoms with Crippen LogP contribution in [-0.2, 0) is 6.42 Å². The van der Waals surface area contributed by atoms with E-state index in [9.17, 15) is 14.3 Å². The molecule has 4 nitrogen and oxygen atoms in total. The number of amides is 1. The van der Waals surface area contributed by atoms with Gasteiger partial charge in [-0.05, 0) is 48.0 Å². The number of phenolic OH excluding ortho intramolecular Hbond substituents is 1. The van der Waals surface area contributed by atoms with E-state index in [0.29, 0.717) is 33.5 Å². The number of aromatic hydroxyl groups is 1. The fourth-order valence-electron chi connectivity index (χ4n) is 2.58. The van der Waals surface area contributed by atoms with Crippen LogP contribution in [0.3, 0.4) is 0 Å². The first-order chi connectivity index (χ1) is 13.4. The van der Waals surface area contributed by atoms with E-state index in [4.69, 9.17) is 27.9 Å². The zero-order valence-corrected chi connectivity index (χ0v) is 16.1. The molecule has 3 aromatic carbocycles. The van der Waals surface area contributed by atoms with Crippen molar-refractivity contribution in [2.45, 2.75) is 6.42 Å². The van der Waals surface area contributed by atoms with E-state index in [1.807, 2.05) is 0 Å². The van der Waals surface area contributed by atoms with E-state index >= 15 is 0 Å². The summed E-state index contributed by atoms with van der Waals surface area (Å²) in [7, 11) is 0. The van der Waals surface area contributed by atoms with Gasteiger partial charge >= 0.3 is 0 Å². The Morgan fingerprint density at radius 3 is 2.54 bits per heavy atom. The van der Waals surface area contributed by atoms with Gasteiger partial charge in [0.25, 0.3) is 5.91 Å². The topological polar surface area (TPSA) is 58.6 Å². The Hall–Kier alpha value is -2.76. The summed E-state index contributed by atoms with van der Waals surface area (Å²) in [6, 6.07) is 15.4. The molecule has 0 saturated heterocycles. The highest BCUT2D eigenvalue weighted by molar-refractivity contribution is 6.31. The SMILES string of the molecule is O=C(Nc1cc(Cl)ccc1OCCc1ccccc1F)c1cc(Cl)ccc1O. The van der Waals surface area contributed by atoms with Crippen molar-refractivity contribution < 1.29 is 19.0 Å². The zero-order valence-electron chi connectivity index (χ0n) is 14.6. The second-order valence-corrected chi connectivity index (χ2v) is 6.82. The van der Waals surface area contributed by atoms with Crippen molar-refractivity contribution in [2.24, 2.45) is 0 Å². The molecule has 3 aromatic rings. The maximum Gasteiger partial charge on any atom is 0.259 e. The Labute approximate surface area is 171 Å². The van der Waals surface area contributed by atoms with E-state index in [1.54, 1.807) is 30.3 Å². The van der Waals surface area contributed by atoms with Crippen molar-refractivity contribution in [1.82, 2.24) is 0 Å². The van der Waals surface area contributed by atoms with Gasteiger partial charge in [0, 0.05) is 16.5 Å². The predicted molar refractivity (Wildman–Crippen MR) is 108 cm³/mol. The summed E-state index contributed by atoms with van der Waals surface area (Å²) in [4.78, 5) is 12.5. The highest BCUT2D eigenvalue weighted by Gasteiger charge is 2.15. The fourth-order valence-corrected chi connectivity index (χ4v) is 2.92. The summed E-state index contributed by atoms with van der Waals surface area (Å²) in [5.41, 5.74) is 0.876. The number of nitrogens with one attached hydrogen (secondary N) is 1. The summed E-state index contributed by atoms with van der Waals surface area (Å²) >= 11 is 11.9. The molecule has 0 radical (unpaired) electrons. The van der Waals surface area contributed by atoms with E-state index in [-0.39, 0.29) is 23.7 Å². The molecular formula is C21H16Cl2FNO3. The van der Waals surface area contributed by atoms with E-state index in [2.05, 4.69) is 5.32 Å². The van der Waals surface area contributed by atoms with Gasteiger partial charge in [-0.15, -0.1) is 0 Å². The third kappa shape index (κ3) is 4.94. The number of carbonyl (C=O) groups is 1. The summed E-state index contributed by atoms with van der Waals surface area (Å²) < 4.78 is 19.4. The second-order valence-electron chi connectivity index (χ2n) is 5.95. The number of anilines is 1. The third-order valence-corrected chi connectivity index (χ3v) is 4.45. The monoisotopic (exact) mass is 419 g/mol. The molecule has 7 heteroatoms. The summed E-state index contributed by atoms with van der Waals surface area (Å²) in [6.07, 6.45) is 0.359. The molecule has 28 heavy (non-hydrogen) atoms. The van der Waals surface area contributed by atoms with Gasteiger partial charge in [-0.2, -0.15) is 0 Å². The minimum Gasteiger partial charge on any atom is -0.507 e. The average molecular weight is 420 g/mol. The van der Waals surface area contributed by atoms with E-state index in [1.165, 1.54) is 30.3 Å². The summed E-state index contributed by atoms with van der Waals surface area (Å²) in [5.74, 6) is -0.699.